The van der Waals surface area contributed by atoms with E-state index in [1.54, 1.807) is 0 Å². The van der Waals surface area contributed by atoms with E-state index in [1.165, 1.54) is 0 Å². The maximum atomic E-state index is 6.12. The van der Waals surface area contributed by atoms with Crippen LogP contribution >= 0.6 is 0 Å². The van der Waals surface area contributed by atoms with Crippen LogP contribution in [0.25, 0.3) is 0 Å². The molecule has 0 aromatic carbocycles. The zero-order valence-corrected chi connectivity index (χ0v) is 13.2. The van der Waals surface area contributed by atoms with E-state index >= 15 is 0 Å². The van der Waals surface area contributed by atoms with Crippen molar-refractivity contribution in [1.29, 1.82) is 0 Å². The van der Waals surface area contributed by atoms with Gasteiger partial charge in [-0.15, -0.1) is 0 Å². The molecule has 1 saturated heterocycles. The van der Waals surface area contributed by atoms with E-state index in [4.69, 9.17) is 15.0 Å². The Morgan fingerprint density at radius 1 is 1.17 bits per heavy atom. The first kappa shape index (κ1) is 16.0. The topological polar surface area (TPSA) is 56.5 Å². The monoisotopic (exact) mass is 254 g/mol. The van der Waals surface area contributed by atoms with Gasteiger partial charge < -0.3 is 20.3 Å². The molecule has 0 aliphatic carbocycles. The Bertz CT molecular complexity index is 296. The Hall–Kier alpha value is -0.0301. The molecule has 0 aromatic rings. The third-order valence-corrected chi connectivity index (χ3v) is 4.61. The average Bonchev–Trinajstić information content (AvgIpc) is 2.30. The van der Waals surface area contributed by atoms with Crippen molar-refractivity contribution >= 4 is 14.3 Å². The van der Waals surface area contributed by atoms with Crippen molar-refractivity contribution < 1.29 is 9.31 Å². The van der Waals surface area contributed by atoms with Gasteiger partial charge in [-0.05, 0) is 55.4 Å². The molecule has 3 N–H and O–H groups in total. The minimum Gasteiger partial charge on any atom is -0.436 e. The van der Waals surface area contributed by atoms with E-state index in [2.05, 4.69) is 32.9 Å². The highest BCUT2D eigenvalue weighted by molar-refractivity contribution is 7.05. The standard InChI is InChI=1S/C12H28B2N2O2/c1-9(2,15)11(5,6)17-13-14-16-10(3,4)12(7,8)18-14/h13,16H,15H2,1-8H3. The number of rotatable bonds is 4. The van der Waals surface area contributed by atoms with Crippen LogP contribution in [0.4, 0.5) is 0 Å². The van der Waals surface area contributed by atoms with Crippen LogP contribution in [0.2, 0.25) is 0 Å². The van der Waals surface area contributed by atoms with Crippen molar-refractivity contribution in [1.82, 2.24) is 5.23 Å². The molecule has 0 bridgehead atoms. The number of nitrogens with two attached hydrogens (primary N) is 1. The van der Waals surface area contributed by atoms with E-state index in [1.807, 2.05) is 27.7 Å². The van der Waals surface area contributed by atoms with E-state index in [9.17, 15) is 0 Å². The second-order valence-electron chi connectivity index (χ2n) is 7.43. The van der Waals surface area contributed by atoms with Gasteiger partial charge >= 0.3 is 6.94 Å². The van der Waals surface area contributed by atoms with Gasteiger partial charge in [-0.2, -0.15) is 0 Å². The summed E-state index contributed by atoms with van der Waals surface area (Å²) in [5.41, 5.74) is 5.06. The van der Waals surface area contributed by atoms with Gasteiger partial charge in [-0.1, -0.05) is 0 Å². The van der Waals surface area contributed by atoms with Crippen LogP contribution in [0, 0.1) is 0 Å². The van der Waals surface area contributed by atoms with Crippen molar-refractivity contribution in [3.8, 4) is 0 Å². The van der Waals surface area contributed by atoms with Crippen molar-refractivity contribution in [3.63, 3.8) is 0 Å². The average molecular weight is 254 g/mol. The van der Waals surface area contributed by atoms with Crippen LogP contribution < -0.4 is 11.0 Å². The summed E-state index contributed by atoms with van der Waals surface area (Å²) in [4.78, 5) is 0. The largest absolute Gasteiger partial charge is 0.436 e. The van der Waals surface area contributed by atoms with Gasteiger partial charge in [-0.3, -0.25) is 0 Å². The molecule has 0 spiro atoms. The zero-order chi connectivity index (χ0) is 14.4. The summed E-state index contributed by atoms with van der Waals surface area (Å²) in [6.07, 6.45) is 0. The van der Waals surface area contributed by atoms with Crippen molar-refractivity contribution in [3.05, 3.63) is 0 Å². The fourth-order valence-corrected chi connectivity index (χ4v) is 1.65. The van der Waals surface area contributed by atoms with Gasteiger partial charge in [0.1, 0.15) is 0 Å². The first-order valence-corrected chi connectivity index (χ1v) is 6.67. The smallest absolute Gasteiger partial charge is 0.368 e. The van der Waals surface area contributed by atoms with Gasteiger partial charge in [0, 0.05) is 11.1 Å². The Kier molecular flexibility index (Phi) is 4.02. The van der Waals surface area contributed by atoms with E-state index in [-0.39, 0.29) is 18.1 Å². The molecule has 0 atom stereocenters. The molecule has 1 rings (SSSR count). The van der Waals surface area contributed by atoms with E-state index in [0.717, 1.165) is 0 Å². The second-order valence-corrected chi connectivity index (χ2v) is 7.43. The maximum absolute atomic E-state index is 6.12. The van der Waals surface area contributed by atoms with Crippen LogP contribution in [0.5, 0.6) is 0 Å². The molecule has 1 aliphatic heterocycles. The molecule has 1 fully saturated rings. The summed E-state index contributed by atoms with van der Waals surface area (Å²) in [6, 6.07) is 0. The lowest BCUT2D eigenvalue weighted by molar-refractivity contribution is 0.0438. The summed E-state index contributed by atoms with van der Waals surface area (Å²) in [5, 5.41) is 3.46. The minimum atomic E-state index is -0.394. The minimum absolute atomic E-state index is 0.0661. The van der Waals surface area contributed by atoms with Crippen LogP contribution in [0.1, 0.15) is 55.4 Å². The van der Waals surface area contributed by atoms with E-state index < -0.39 is 11.1 Å². The highest BCUT2D eigenvalue weighted by atomic mass is 16.5. The van der Waals surface area contributed by atoms with Crippen molar-refractivity contribution in [2.45, 2.75) is 77.7 Å². The quantitative estimate of drug-likeness (QED) is 0.736. The molecule has 0 aromatic heterocycles. The summed E-state index contributed by atoms with van der Waals surface area (Å²) in [5.74, 6) is 0. The highest BCUT2D eigenvalue weighted by Gasteiger charge is 2.50. The number of nitrogens with one attached hydrogen (secondary N) is 1. The predicted octanol–water partition coefficient (Wildman–Crippen LogP) is 1.03. The zero-order valence-electron chi connectivity index (χ0n) is 13.2. The third-order valence-electron chi connectivity index (χ3n) is 4.61. The maximum Gasteiger partial charge on any atom is 0.368 e. The molecule has 1 heterocycles. The van der Waals surface area contributed by atoms with Crippen LogP contribution in [-0.4, -0.2) is 36.6 Å². The summed E-state index contributed by atoms with van der Waals surface area (Å²) >= 11 is 0. The molecule has 4 nitrogen and oxygen atoms in total. The summed E-state index contributed by atoms with van der Waals surface area (Å²) in [7, 11) is 0.500. The molecular formula is C12H28B2N2O2. The summed E-state index contributed by atoms with van der Waals surface area (Å²) < 4.78 is 11.9. The number of hydrogen-bond donors (Lipinski definition) is 2. The molecule has 1 aliphatic rings. The first-order valence-electron chi connectivity index (χ1n) is 6.67. The lowest BCUT2D eigenvalue weighted by Gasteiger charge is -2.39. The first-order chi connectivity index (χ1) is 7.79. The predicted molar refractivity (Wildman–Crippen MR) is 78.7 cm³/mol. The van der Waals surface area contributed by atoms with Gasteiger partial charge in [0.2, 0.25) is 0 Å². The molecule has 18 heavy (non-hydrogen) atoms. The number of hydrogen-bond acceptors (Lipinski definition) is 4. The van der Waals surface area contributed by atoms with Crippen molar-refractivity contribution in [2.75, 3.05) is 0 Å². The van der Waals surface area contributed by atoms with Gasteiger partial charge in [0.15, 0.2) is 0 Å². The van der Waals surface area contributed by atoms with Gasteiger partial charge in [0.05, 0.1) is 11.2 Å². The Labute approximate surface area is 113 Å². The molecule has 104 valence electrons. The fraction of sp³-hybridized carbons (Fsp3) is 1.00. The molecule has 0 amide bonds. The SMILES string of the molecule is CC(C)(N)C(C)(C)OBB1NC(C)(C)C(C)(C)O1. The van der Waals surface area contributed by atoms with Crippen LogP contribution in [-0.2, 0) is 9.31 Å². The van der Waals surface area contributed by atoms with Crippen LogP contribution in [0.15, 0.2) is 0 Å². The molecule has 0 unspecified atom stereocenters. The molecule has 6 heteroatoms. The third kappa shape index (κ3) is 3.10. The lowest BCUT2D eigenvalue weighted by atomic mass is 9.51. The lowest BCUT2D eigenvalue weighted by Crippen LogP contribution is -2.57. The summed E-state index contributed by atoms with van der Waals surface area (Å²) in [6.45, 7) is 16.4. The second kappa shape index (κ2) is 4.51. The van der Waals surface area contributed by atoms with Crippen molar-refractivity contribution in [2.24, 2.45) is 5.73 Å². The van der Waals surface area contributed by atoms with Crippen LogP contribution in [0.3, 0.4) is 0 Å². The Morgan fingerprint density at radius 3 is 2.00 bits per heavy atom. The van der Waals surface area contributed by atoms with Gasteiger partial charge in [0.25, 0.3) is 7.37 Å². The Balaban J connectivity index is 2.58. The highest BCUT2D eigenvalue weighted by Crippen LogP contribution is 2.31. The van der Waals surface area contributed by atoms with Gasteiger partial charge in [-0.25, -0.2) is 0 Å². The van der Waals surface area contributed by atoms with E-state index in [0.29, 0.717) is 7.37 Å². The molecule has 0 radical (unpaired) electrons. The Morgan fingerprint density at radius 2 is 1.67 bits per heavy atom. The normalized spacial score (nSPS) is 23.3. The molecular weight excluding hydrogens is 226 g/mol. The fourth-order valence-electron chi connectivity index (χ4n) is 1.65. The molecule has 0 saturated carbocycles.